The second-order valence-electron chi connectivity index (χ2n) is 1.90. The Bertz CT molecular complexity index is 101. The second kappa shape index (κ2) is 2.13. The van der Waals surface area contributed by atoms with Crippen LogP contribution in [0, 0.1) is 0 Å². The van der Waals surface area contributed by atoms with E-state index in [1.165, 1.54) is 6.40 Å². The number of hydrogen-bond donors (Lipinski definition) is 1. The molecule has 1 rings (SSSR count). The van der Waals surface area contributed by atoms with E-state index >= 15 is 0 Å². The van der Waals surface area contributed by atoms with E-state index in [0.29, 0.717) is 6.61 Å². The summed E-state index contributed by atoms with van der Waals surface area (Å²) in [4.78, 5) is 3.84. The van der Waals surface area contributed by atoms with E-state index in [1.54, 1.807) is 6.92 Å². The molecule has 8 heavy (non-hydrogen) atoms. The second-order valence-corrected chi connectivity index (χ2v) is 1.90. The molecule has 0 aromatic rings. The van der Waals surface area contributed by atoms with Gasteiger partial charge < -0.3 is 9.84 Å². The molecule has 0 saturated carbocycles. The lowest BCUT2D eigenvalue weighted by Gasteiger charge is -2.06. The summed E-state index contributed by atoms with van der Waals surface area (Å²) in [6.07, 6.45) is 1.01. The van der Waals surface area contributed by atoms with Crippen molar-refractivity contribution in [3.05, 3.63) is 0 Å². The van der Waals surface area contributed by atoms with Crippen molar-refractivity contribution in [3.8, 4) is 0 Å². The van der Waals surface area contributed by atoms with Gasteiger partial charge in [0.1, 0.15) is 12.6 Å². The van der Waals surface area contributed by atoms with Crippen molar-refractivity contribution >= 4 is 6.40 Å². The Hall–Kier alpha value is -0.570. The van der Waals surface area contributed by atoms with Crippen molar-refractivity contribution in [3.63, 3.8) is 0 Å². The lowest BCUT2D eigenvalue weighted by molar-refractivity contribution is 0.146. The highest BCUT2D eigenvalue weighted by Gasteiger charge is 2.16. The first-order chi connectivity index (χ1) is 3.80. The monoisotopic (exact) mass is 115 g/mol. The maximum Gasteiger partial charge on any atom is 0.169 e. The van der Waals surface area contributed by atoms with Crippen molar-refractivity contribution in [2.75, 3.05) is 6.61 Å². The van der Waals surface area contributed by atoms with E-state index in [0.717, 1.165) is 0 Å². The molecule has 1 heterocycles. The quantitative estimate of drug-likeness (QED) is 0.514. The summed E-state index contributed by atoms with van der Waals surface area (Å²) in [5.41, 5.74) is 0. The predicted molar refractivity (Wildman–Crippen MR) is 29.9 cm³/mol. The van der Waals surface area contributed by atoms with Crippen molar-refractivity contribution in [2.24, 2.45) is 4.99 Å². The molecule has 0 unspecified atom stereocenters. The van der Waals surface area contributed by atoms with Crippen molar-refractivity contribution < 1.29 is 9.84 Å². The van der Waals surface area contributed by atoms with Gasteiger partial charge in [-0.3, -0.25) is 0 Å². The van der Waals surface area contributed by atoms with Gasteiger partial charge in [0.25, 0.3) is 0 Å². The average Bonchev–Trinajstić information content (AvgIpc) is 2.12. The van der Waals surface area contributed by atoms with Crippen LogP contribution in [0.3, 0.4) is 0 Å². The third kappa shape index (κ3) is 0.980. The fraction of sp³-hybridized carbons (Fsp3) is 0.800. The van der Waals surface area contributed by atoms with Crippen molar-refractivity contribution in [2.45, 2.75) is 19.1 Å². The fourth-order valence-corrected chi connectivity index (χ4v) is 0.570. The Balaban J connectivity index is 2.36. The molecule has 0 aromatic heterocycles. The molecule has 0 saturated heterocycles. The van der Waals surface area contributed by atoms with Crippen LogP contribution >= 0.6 is 0 Å². The van der Waals surface area contributed by atoms with Crippen LogP contribution in [0.4, 0.5) is 0 Å². The molecule has 0 amide bonds. The first-order valence-corrected chi connectivity index (χ1v) is 2.62. The number of rotatable bonds is 1. The molecule has 0 radical (unpaired) electrons. The number of aliphatic hydroxyl groups is 1. The van der Waals surface area contributed by atoms with Crippen LogP contribution in [0.25, 0.3) is 0 Å². The van der Waals surface area contributed by atoms with Crippen LogP contribution in [0.15, 0.2) is 4.99 Å². The average molecular weight is 115 g/mol. The first-order valence-electron chi connectivity index (χ1n) is 2.62. The standard InChI is InChI=1S/C5H9NO2/c1-4(7)5-2-8-3-6-5/h3-5,7H,2H2,1H3/t4-,5+/m1/s1. The Morgan fingerprint density at radius 3 is 3.00 bits per heavy atom. The lowest BCUT2D eigenvalue weighted by atomic mass is 10.2. The van der Waals surface area contributed by atoms with Crippen LogP contribution in [0.5, 0.6) is 0 Å². The van der Waals surface area contributed by atoms with Gasteiger partial charge in [-0.15, -0.1) is 0 Å². The minimum absolute atomic E-state index is 0.0324. The van der Waals surface area contributed by atoms with E-state index in [4.69, 9.17) is 9.84 Å². The van der Waals surface area contributed by atoms with Gasteiger partial charge in [0.05, 0.1) is 6.10 Å². The van der Waals surface area contributed by atoms with E-state index in [1.807, 2.05) is 0 Å². The van der Waals surface area contributed by atoms with Gasteiger partial charge in [-0.2, -0.15) is 0 Å². The number of hydrogen-bond acceptors (Lipinski definition) is 3. The maximum atomic E-state index is 8.86. The zero-order chi connectivity index (χ0) is 5.98. The number of aliphatic hydroxyl groups excluding tert-OH is 1. The Morgan fingerprint density at radius 2 is 2.75 bits per heavy atom. The van der Waals surface area contributed by atoms with Crippen molar-refractivity contribution in [1.82, 2.24) is 0 Å². The minimum Gasteiger partial charge on any atom is -0.481 e. The maximum absolute atomic E-state index is 8.86. The van der Waals surface area contributed by atoms with Gasteiger partial charge in [-0.05, 0) is 6.92 Å². The van der Waals surface area contributed by atoms with Gasteiger partial charge in [-0.1, -0.05) is 0 Å². The highest BCUT2D eigenvalue weighted by atomic mass is 16.5. The fourth-order valence-electron chi connectivity index (χ4n) is 0.570. The molecule has 46 valence electrons. The largest absolute Gasteiger partial charge is 0.481 e. The summed E-state index contributed by atoms with van der Waals surface area (Å²) in [6.45, 7) is 2.23. The number of ether oxygens (including phenoxy) is 1. The molecule has 0 spiro atoms. The van der Waals surface area contributed by atoms with Crippen LogP contribution in [-0.4, -0.2) is 30.3 Å². The van der Waals surface area contributed by atoms with Gasteiger partial charge >= 0.3 is 0 Å². The molecule has 1 N–H and O–H groups in total. The highest BCUT2D eigenvalue weighted by molar-refractivity contribution is 5.49. The van der Waals surface area contributed by atoms with Crippen LogP contribution in [0.2, 0.25) is 0 Å². The normalized spacial score (nSPS) is 30.0. The van der Waals surface area contributed by atoms with Gasteiger partial charge in [0.15, 0.2) is 6.40 Å². The number of nitrogens with zero attached hydrogens (tertiary/aromatic N) is 1. The van der Waals surface area contributed by atoms with E-state index in [2.05, 4.69) is 4.99 Å². The Kier molecular flexibility index (Phi) is 1.48. The molecule has 1 aliphatic rings. The predicted octanol–water partition coefficient (Wildman–Crippen LogP) is -0.206. The first kappa shape index (κ1) is 5.56. The SMILES string of the molecule is C[C@@H](O)[C@@H]1COC=N1. The Labute approximate surface area is 48.0 Å². The molecule has 1 aliphatic heterocycles. The van der Waals surface area contributed by atoms with Gasteiger partial charge in [-0.25, -0.2) is 4.99 Å². The molecule has 0 fully saturated rings. The van der Waals surface area contributed by atoms with E-state index in [9.17, 15) is 0 Å². The zero-order valence-electron chi connectivity index (χ0n) is 4.74. The molecule has 2 atom stereocenters. The number of aliphatic imine (C=N–C) groups is 1. The summed E-state index contributed by atoms with van der Waals surface area (Å²) in [6, 6.07) is -0.0324. The summed E-state index contributed by atoms with van der Waals surface area (Å²) in [5.74, 6) is 0. The third-order valence-electron chi connectivity index (χ3n) is 1.15. The summed E-state index contributed by atoms with van der Waals surface area (Å²) < 4.78 is 4.77. The Morgan fingerprint density at radius 1 is 2.00 bits per heavy atom. The van der Waals surface area contributed by atoms with Crippen molar-refractivity contribution in [1.29, 1.82) is 0 Å². The molecular formula is C5H9NO2. The topological polar surface area (TPSA) is 41.8 Å². The third-order valence-corrected chi connectivity index (χ3v) is 1.15. The molecular weight excluding hydrogens is 106 g/mol. The summed E-state index contributed by atoms with van der Waals surface area (Å²) in [7, 11) is 0. The molecule has 0 aromatic carbocycles. The highest BCUT2D eigenvalue weighted by Crippen LogP contribution is 2.02. The molecule has 0 aliphatic carbocycles. The van der Waals surface area contributed by atoms with Gasteiger partial charge in [0.2, 0.25) is 0 Å². The van der Waals surface area contributed by atoms with E-state index < -0.39 is 0 Å². The molecule has 3 heteroatoms. The molecule has 0 bridgehead atoms. The zero-order valence-corrected chi connectivity index (χ0v) is 4.74. The van der Waals surface area contributed by atoms with Gasteiger partial charge in [0, 0.05) is 0 Å². The van der Waals surface area contributed by atoms with Crippen LogP contribution in [-0.2, 0) is 4.74 Å². The summed E-state index contributed by atoms with van der Waals surface area (Å²) in [5, 5.41) is 8.86. The molecule has 3 nitrogen and oxygen atoms in total. The summed E-state index contributed by atoms with van der Waals surface area (Å²) >= 11 is 0. The smallest absolute Gasteiger partial charge is 0.169 e. The van der Waals surface area contributed by atoms with Crippen LogP contribution < -0.4 is 0 Å². The minimum atomic E-state index is -0.381. The lowest BCUT2D eigenvalue weighted by Crippen LogP contribution is -2.21. The van der Waals surface area contributed by atoms with Crippen LogP contribution in [0.1, 0.15) is 6.92 Å². The van der Waals surface area contributed by atoms with E-state index in [-0.39, 0.29) is 12.1 Å².